The van der Waals surface area contributed by atoms with Crippen molar-refractivity contribution in [3.8, 4) is 0 Å². The Morgan fingerprint density at radius 1 is 0.944 bits per heavy atom. The summed E-state index contributed by atoms with van der Waals surface area (Å²) in [7, 11) is 0. The van der Waals surface area contributed by atoms with Crippen molar-refractivity contribution in [1.82, 2.24) is 0 Å². The fourth-order valence-electron chi connectivity index (χ4n) is 2.71. The zero-order valence-electron chi connectivity index (χ0n) is 10.3. The normalized spacial score (nSPS) is 14.8. The monoisotopic (exact) mass is 232 g/mol. The summed E-state index contributed by atoms with van der Waals surface area (Å²) in [5.41, 5.74) is 5.52. The van der Waals surface area contributed by atoms with Crippen LogP contribution in [0.2, 0.25) is 0 Å². The molecule has 0 aromatic heterocycles. The van der Waals surface area contributed by atoms with Crippen LogP contribution in [0.3, 0.4) is 0 Å². The zero-order valence-corrected chi connectivity index (χ0v) is 10.3. The molecule has 1 unspecified atom stereocenters. The first kappa shape index (κ1) is 11.0. The molecule has 1 aliphatic rings. The molecule has 1 atom stereocenters. The summed E-state index contributed by atoms with van der Waals surface area (Å²) in [6.45, 7) is 4.01. The van der Waals surface area contributed by atoms with Gasteiger partial charge in [-0.25, -0.2) is 0 Å². The fourth-order valence-corrected chi connectivity index (χ4v) is 2.71. The van der Waals surface area contributed by atoms with E-state index in [4.69, 9.17) is 0 Å². The van der Waals surface area contributed by atoms with Crippen LogP contribution in [-0.4, -0.2) is 0 Å². The van der Waals surface area contributed by atoms with Gasteiger partial charge >= 0.3 is 0 Å². The van der Waals surface area contributed by atoms with Crippen LogP contribution in [0.1, 0.15) is 22.6 Å². The number of fused-ring (bicyclic) bond motifs is 1. The van der Waals surface area contributed by atoms with E-state index >= 15 is 0 Å². The Bertz CT molecular complexity index is 590. The van der Waals surface area contributed by atoms with Gasteiger partial charge in [-0.3, -0.25) is 0 Å². The summed E-state index contributed by atoms with van der Waals surface area (Å²) >= 11 is 0. The van der Waals surface area contributed by atoms with E-state index in [9.17, 15) is 0 Å². The first-order valence-electron chi connectivity index (χ1n) is 6.36. The Labute approximate surface area is 108 Å². The number of rotatable bonds is 3. The molecule has 0 saturated heterocycles. The second-order valence-corrected chi connectivity index (χ2v) is 4.64. The largest absolute Gasteiger partial charge is 0.102 e. The molecule has 0 fully saturated rings. The van der Waals surface area contributed by atoms with Crippen molar-refractivity contribution in [3.63, 3.8) is 0 Å². The summed E-state index contributed by atoms with van der Waals surface area (Å²) in [6, 6.07) is 19.2. The van der Waals surface area contributed by atoms with Gasteiger partial charge in [0, 0.05) is 5.92 Å². The Kier molecular flexibility index (Phi) is 2.85. The molecule has 0 amide bonds. The molecule has 1 aliphatic carbocycles. The highest BCUT2D eigenvalue weighted by Gasteiger charge is 2.20. The first-order chi connectivity index (χ1) is 8.90. The summed E-state index contributed by atoms with van der Waals surface area (Å²) in [5, 5.41) is 0. The quantitative estimate of drug-likeness (QED) is 0.679. The van der Waals surface area contributed by atoms with E-state index in [-0.39, 0.29) is 0 Å². The van der Waals surface area contributed by atoms with Crippen LogP contribution in [0.4, 0.5) is 0 Å². The average molecular weight is 232 g/mol. The van der Waals surface area contributed by atoms with E-state index < -0.39 is 0 Å². The van der Waals surface area contributed by atoms with Crippen molar-refractivity contribution >= 4 is 5.57 Å². The van der Waals surface area contributed by atoms with Crippen molar-refractivity contribution < 1.29 is 0 Å². The lowest BCUT2D eigenvalue weighted by Gasteiger charge is -2.16. The van der Waals surface area contributed by atoms with Crippen molar-refractivity contribution in [3.05, 3.63) is 90.0 Å². The van der Waals surface area contributed by atoms with Gasteiger partial charge in [-0.05, 0) is 28.7 Å². The number of benzene rings is 2. The van der Waals surface area contributed by atoms with Crippen molar-refractivity contribution in [2.75, 3.05) is 0 Å². The molecule has 88 valence electrons. The molecule has 0 heterocycles. The molecule has 0 aliphatic heterocycles. The van der Waals surface area contributed by atoms with Crippen LogP contribution in [0, 0.1) is 0 Å². The Morgan fingerprint density at radius 3 is 2.44 bits per heavy atom. The molecule has 0 saturated carbocycles. The maximum Gasteiger partial charge on any atom is 0.0269 e. The van der Waals surface area contributed by atoms with E-state index in [0.29, 0.717) is 5.92 Å². The van der Waals surface area contributed by atoms with Crippen LogP contribution in [0.25, 0.3) is 5.57 Å². The van der Waals surface area contributed by atoms with Gasteiger partial charge in [0.15, 0.2) is 0 Å². The number of hydrogen-bond acceptors (Lipinski definition) is 0. The van der Waals surface area contributed by atoms with Gasteiger partial charge in [0.25, 0.3) is 0 Å². The maximum atomic E-state index is 4.01. The minimum absolute atomic E-state index is 0.301. The van der Waals surface area contributed by atoms with Crippen LogP contribution >= 0.6 is 0 Å². The molecule has 18 heavy (non-hydrogen) atoms. The van der Waals surface area contributed by atoms with E-state index in [1.54, 1.807) is 0 Å². The van der Waals surface area contributed by atoms with Crippen LogP contribution in [-0.2, 0) is 6.42 Å². The van der Waals surface area contributed by atoms with Crippen molar-refractivity contribution in [1.29, 1.82) is 0 Å². The third kappa shape index (κ3) is 1.80. The minimum Gasteiger partial charge on any atom is -0.102 e. The van der Waals surface area contributed by atoms with Gasteiger partial charge in [-0.1, -0.05) is 66.7 Å². The van der Waals surface area contributed by atoms with Gasteiger partial charge in [-0.2, -0.15) is 0 Å². The topological polar surface area (TPSA) is 0 Å². The molecule has 2 aromatic rings. The molecule has 0 heteroatoms. The minimum atomic E-state index is 0.301. The highest BCUT2D eigenvalue weighted by Crippen LogP contribution is 2.38. The standard InChI is InChI=1S/C18H16/c1-2-16(14-8-4-3-5-9-14)18-13-12-15-10-6-7-11-17(15)18/h2-11,13,16H,1,12H2. The van der Waals surface area contributed by atoms with Crippen LogP contribution in [0.15, 0.2) is 73.3 Å². The Balaban J connectivity index is 2.03. The van der Waals surface area contributed by atoms with E-state index in [2.05, 4.69) is 67.3 Å². The lowest BCUT2D eigenvalue weighted by molar-refractivity contribution is 1.11. The molecule has 3 rings (SSSR count). The molecule has 0 bridgehead atoms. The molecule has 0 spiro atoms. The molecular formula is C18H16. The Morgan fingerprint density at radius 2 is 1.67 bits per heavy atom. The fraction of sp³-hybridized carbons (Fsp3) is 0.111. The predicted octanol–water partition coefficient (Wildman–Crippen LogP) is 4.60. The predicted molar refractivity (Wildman–Crippen MR) is 77.5 cm³/mol. The molecule has 0 radical (unpaired) electrons. The molecule has 2 aromatic carbocycles. The second kappa shape index (κ2) is 4.66. The van der Waals surface area contributed by atoms with Crippen LogP contribution in [0.5, 0.6) is 0 Å². The summed E-state index contributed by atoms with van der Waals surface area (Å²) in [4.78, 5) is 0. The molecular weight excluding hydrogens is 216 g/mol. The number of allylic oxidation sites excluding steroid dienone is 3. The van der Waals surface area contributed by atoms with E-state index in [1.165, 1.54) is 22.3 Å². The Hall–Kier alpha value is -2.08. The smallest absolute Gasteiger partial charge is 0.0269 e. The molecule has 0 nitrogen and oxygen atoms in total. The lowest BCUT2D eigenvalue weighted by Crippen LogP contribution is -1.97. The van der Waals surface area contributed by atoms with Gasteiger partial charge < -0.3 is 0 Å². The highest BCUT2D eigenvalue weighted by atomic mass is 14.2. The van der Waals surface area contributed by atoms with E-state index in [1.807, 2.05) is 6.08 Å². The SMILES string of the molecule is C=CC(C1=CCc2ccccc21)c1ccccc1. The summed E-state index contributed by atoms with van der Waals surface area (Å²) in [6.07, 6.45) is 5.43. The first-order valence-corrected chi connectivity index (χ1v) is 6.36. The maximum absolute atomic E-state index is 4.01. The highest BCUT2D eigenvalue weighted by molar-refractivity contribution is 5.79. The van der Waals surface area contributed by atoms with Crippen molar-refractivity contribution in [2.45, 2.75) is 12.3 Å². The van der Waals surface area contributed by atoms with Gasteiger partial charge in [-0.15, -0.1) is 6.58 Å². The third-order valence-electron chi connectivity index (χ3n) is 3.60. The lowest BCUT2D eigenvalue weighted by atomic mass is 9.88. The van der Waals surface area contributed by atoms with Gasteiger partial charge in [0.2, 0.25) is 0 Å². The summed E-state index contributed by atoms with van der Waals surface area (Å²) in [5.74, 6) is 0.301. The van der Waals surface area contributed by atoms with Crippen molar-refractivity contribution in [2.24, 2.45) is 0 Å². The summed E-state index contributed by atoms with van der Waals surface area (Å²) < 4.78 is 0. The second-order valence-electron chi connectivity index (χ2n) is 4.64. The van der Waals surface area contributed by atoms with Crippen LogP contribution < -0.4 is 0 Å². The molecule has 0 N–H and O–H groups in total. The number of hydrogen-bond donors (Lipinski definition) is 0. The zero-order chi connectivity index (χ0) is 12.4. The van der Waals surface area contributed by atoms with Gasteiger partial charge in [0.1, 0.15) is 0 Å². The average Bonchev–Trinajstić information content (AvgIpc) is 2.85. The van der Waals surface area contributed by atoms with Gasteiger partial charge in [0.05, 0.1) is 0 Å². The van der Waals surface area contributed by atoms with E-state index in [0.717, 1.165) is 6.42 Å². The third-order valence-corrected chi connectivity index (χ3v) is 3.60.